The summed E-state index contributed by atoms with van der Waals surface area (Å²) >= 11 is 0. The van der Waals surface area contributed by atoms with E-state index in [2.05, 4.69) is 45.0 Å². The first-order valence-electron chi connectivity index (χ1n) is 6.62. The molecule has 0 unspecified atom stereocenters. The number of benzene rings is 1. The third-order valence-corrected chi connectivity index (χ3v) is 3.64. The summed E-state index contributed by atoms with van der Waals surface area (Å²) in [5.74, 6) is -0.689. The van der Waals surface area contributed by atoms with Crippen LogP contribution < -0.4 is 0 Å². The average Bonchev–Trinajstić information content (AvgIpc) is 2.96. The molecule has 1 fully saturated rings. The Kier molecular flexibility index (Phi) is 3.22. The van der Waals surface area contributed by atoms with Crippen LogP contribution in [0.25, 0.3) is 0 Å². The number of rotatable bonds is 4. The average molecular weight is 246 g/mol. The van der Waals surface area contributed by atoms with Gasteiger partial charge in [0.2, 0.25) is 0 Å². The van der Waals surface area contributed by atoms with Crippen LogP contribution >= 0.6 is 0 Å². The lowest BCUT2D eigenvalue weighted by Crippen LogP contribution is -2.13. The summed E-state index contributed by atoms with van der Waals surface area (Å²) in [6.07, 6.45) is 3.35. The molecule has 1 N–H and O–H groups in total. The SMILES string of the molecule is CC(C)(C)Cc1ccc(C2(CC(=O)O)CC2)cc1. The summed E-state index contributed by atoms with van der Waals surface area (Å²) in [5, 5.41) is 8.96. The van der Waals surface area contributed by atoms with Gasteiger partial charge >= 0.3 is 5.97 Å². The number of carbonyl (C=O) groups is 1. The zero-order valence-corrected chi connectivity index (χ0v) is 11.5. The lowest BCUT2D eigenvalue weighted by Gasteiger charge is -2.19. The van der Waals surface area contributed by atoms with Gasteiger partial charge in [-0.05, 0) is 35.8 Å². The number of carboxylic acid groups (broad SMARTS) is 1. The lowest BCUT2D eigenvalue weighted by molar-refractivity contribution is -0.137. The van der Waals surface area contributed by atoms with Crippen molar-refractivity contribution in [2.24, 2.45) is 5.41 Å². The van der Waals surface area contributed by atoms with Gasteiger partial charge in [-0.2, -0.15) is 0 Å². The highest BCUT2D eigenvalue weighted by Crippen LogP contribution is 2.51. The zero-order valence-electron chi connectivity index (χ0n) is 11.5. The van der Waals surface area contributed by atoms with Gasteiger partial charge in [0.15, 0.2) is 0 Å². The first kappa shape index (κ1) is 13.1. The van der Waals surface area contributed by atoms with E-state index in [4.69, 9.17) is 5.11 Å². The lowest BCUT2D eigenvalue weighted by atomic mass is 9.86. The molecule has 18 heavy (non-hydrogen) atoms. The van der Waals surface area contributed by atoms with Gasteiger partial charge in [0.1, 0.15) is 0 Å². The fraction of sp³-hybridized carbons (Fsp3) is 0.562. The van der Waals surface area contributed by atoms with Gasteiger partial charge in [-0.25, -0.2) is 0 Å². The van der Waals surface area contributed by atoms with Crippen molar-refractivity contribution in [3.63, 3.8) is 0 Å². The van der Waals surface area contributed by atoms with Gasteiger partial charge in [0.05, 0.1) is 6.42 Å². The Balaban J connectivity index is 2.11. The van der Waals surface area contributed by atoms with E-state index in [1.807, 2.05) is 0 Å². The first-order chi connectivity index (χ1) is 8.31. The molecule has 0 atom stereocenters. The Morgan fingerprint density at radius 2 is 1.78 bits per heavy atom. The van der Waals surface area contributed by atoms with Gasteiger partial charge in [-0.15, -0.1) is 0 Å². The molecule has 2 rings (SSSR count). The summed E-state index contributed by atoms with van der Waals surface area (Å²) in [4.78, 5) is 10.9. The number of carboxylic acids is 1. The molecule has 2 heteroatoms. The van der Waals surface area contributed by atoms with Crippen LogP contribution in [0.15, 0.2) is 24.3 Å². The highest BCUT2D eigenvalue weighted by Gasteiger charge is 2.45. The molecule has 0 radical (unpaired) electrons. The van der Waals surface area contributed by atoms with Crippen LogP contribution in [-0.2, 0) is 16.6 Å². The van der Waals surface area contributed by atoms with Crippen LogP contribution in [0, 0.1) is 5.41 Å². The van der Waals surface area contributed by atoms with Crippen molar-refractivity contribution in [3.05, 3.63) is 35.4 Å². The summed E-state index contributed by atoms with van der Waals surface area (Å²) in [6, 6.07) is 8.55. The molecule has 0 aliphatic heterocycles. The third-order valence-electron chi connectivity index (χ3n) is 3.64. The Morgan fingerprint density at radius 3 is 2.17 bits per heavy atom. The van der Waals surface area contributed by atoms with Gasteiger partial charge in [-0.1, -0.05) is 45.0 Å². The van der Waals surface area contributed by atoms with E-state index in [1.54, 1.807) is 0 Å². The van der Waals surface area contributed by atoms with Crippen molar-refractivity contribution in [3.8, 4) is 0 Å². The van der Waals surface area contributed by atoms with Crippen molar-refractivity contribution < 1.29 is 9.90 Å². The van der Waals surface area contributed by atoms with Crippen molar-refractivity contribution in [2.75, 3.05) is 0 Å². The topological polar surface area (TPSA) is 37.3 Å². The summed E-state index contributed by atoms with van der Waals surface area (Å²) in [6.45, 7) is 6.69. The van der Waals surface area contributed by atoms with Crippen LogP contribution in [0.2, 0.25) is 0 Å². The molecule has 1 aliphatic carbocycles. The summed E-state index contributed by atoms with van der Waals surface area (Å²) in [5.41, 5.74) is 2.76. The van der Waals surface area contributed by atoms with E-state index in [9.17, 15) is 4.79 Å². The van der Waals surface area contributed by atoms with Crippen LogP contribution in [0.1, 0.15) is 51.2 Å². The molecule has 0 aromatic heterocycles. The van der Waals surface area contributed by atoms with E-state index in [0.29, 0.717) is 5.41 Å². The fourth-order valence-corrected chi connectivity index (χ4v) is 2.60. The van der Waals surface area contributed by atoms with E-state index in [0.717, 1.165) is 19.3 Å². The predicted octanol–water partition coefficient (Wildman–Crippen LogP) is 3.78. The molecular weight excluding hydrogens is 224 g/mol. The number of hydrogen-bond donors (Lipinski definition) is 1. The molecule has 1 aromatic rings. The molecule has 0 saturated heterocycles. The van der Waals surface area contributed by atoms with Crippen molar-refractivity contribution in [1.29, 1.82) is 0 Å². The van der Waals surface area contributed by atoms with Crippen molar-refractivity contribution in [1.82, 2.24) is 0 Å². The van der Waals surface area contributed by atoms with Crippen molar-refractivity contribution in [2.45, 2.75) is 51.9 Å². The van der Waals surface area contributed by atoms with Crippen LogP contribution in [0.3, 0.4) is 0 Å². The quantitative estimate of drug-likeness (QED) is 0.877. The molecule has 0 spiro atoms. The second-order valence-electron chi connectivity index (χ2n) is 6.79. The Bertz CT molecular complexity index is 433. The molecule has 2 nitrogen and oxygen atoms in total. The molecule has 1 aromatic carbocycles. The highest BCUT2D eigenvalue weighted by molar-refractivity contribution is 5.70. The summed E-state index contributed by atoms with van der Waals surface area (Å²) < 4.78 is 0. The Labute approximate surface area is 109 Å². The largest absolute Gasteiger partial charge is 0.481 e. The van der Waals surface area contributed by atoms with Crippen LogP contribution in [0.4, 0.5) is 0 Å². The maximum atomic E-state index is 10.9. The second-order valence-corrected chi connectivity index (χ2v) is 6.79. The molecule has 98 valence electrons. The Hall–Kier alpha value is -1.31. The molecule has 1 saturated carbocycles. The van der Waals surface area contributed by atoms with Crippen LogP contribution in [-0.4, -0.2) is 11.1 Å². The smallest absolute Gasteiger partial charge is 0.304 e. The standard InChI is InChI=1S/C16H22O2/c1-15(2,3)10-12-4-6-13(7-5-12)16(8-9-16)11-14(17)18/h4-7H,8-11H2,1-3H3,(H,17,18). The molecule has 0 amide bonds. The van der Waals surface area contributed by atoms with E-state index in [-0.39, 0.29) is 11.8 Å². The molecular formula is C16H22O2. The minimum Gasteiger partial charge on any atom is -0.481 e. The maximum Gasteiger partial charge on any atom is 0.304 e. The van der Waals surface area contributed by atoms with Gasteiger partial charge in [0.25, 0.3) is 0 Å². The first-order valence-corrected chi connectivity index (χ1v) is 6.62. The van der Waals surface area contributed by atoms with E-state index in [1.165, 1.54) is 11.1 Å². The van der Waals surface area contributed by atoms with Crippen molar-refractivity contribution >= 4 is 5.97 Å². The minimum absolute atomic E-state index is 0.0634. The number of aliphatic carboxylic acids is 1. The van der Waals surface area contributed by atoms with Gasteiger partial charge in [-0.3, -0.25) is 4.79 Å². The molecule has 0 heterocycles. The fourth-order valence-electron chi connectivity index (χ4n) is 2.60. The molecule has 0 bridgehead atoms. The van der Waals surface area contributed by atoms with Crippen LogP contribution in [0.5, 0.6) is 0 Å². The highest BCUT2D eigenvalue weighted by atomic mass is 16.4. The molecule has 1 aliphatic rings. The minimum atomic E-state index is -0.689. The monoisotopic (exact) mass is 246 g/mol. The van der Waals surface area contributed by atoms with Gasteiger partial charge in [0, 0.05) is 5.41 Å². The predicted molar refractivity (Wildman–Crippen MR) is 72.8 cm³/mol. The number of hydrogen-bond acceptors (Lipinski definition) is 1. The zero-order chi connectivity index (χ0) is 13.4. The Morgan fingerprint density at radius 1 is 1.22 bits per heavy atom. The summed E-state index contributed by atoms with van der Waals surface area (Å²) in [7, 11) is 0. The van der Waals surface area contributed by atoms with E-state index < -0.39 is 5.97 Å². The third kappa shape index (κ3) is 3.12. The normalized spacial score (nSPS) is 17.5. The van der Waals surface area contributed by atoms with Gasteiger partial charge < -0.3 is 5.11 Å². The maximum absolute atomic E-state index is 10.9. The van der Waals surface area contributed by atoms with E-state index >= 15 is 0 Å². The second kappa shape index (κ2) is 4.42.